The Balaban J connectivity index is 2.61. The van der Waals surface area contributed by atoms with Crippen molar-refractivity contribution >= 4 is 9.84 Å². The second kappa shape index (κ2) is 3.55. The SMILES string of the molecule is O=S(=O)(c1cn[nH]c1-c1ncon1)C(F)(F)F. The van der Waals surface area contributed by atoms with E-state index >= 15 is 0 Å². The van der Waals surface area contributed by atoms with Gasteiger partial charge in [-0.05, 0) is 0 Å². The van der Waals surface area contributed by atoms with Crippen molar-refractivity contribution in [3.8, 4) is 11.5 Å². The van der Waals surface area contributed by atoms with Gasteiger partial charge in [-0.2, -0.15) is 23.3 Å². The standard InChI is InChI=1S/C6H3F3N4O3S/c7-6(8,9)17(14,15)3-1-11-12-4(3)5-10-2-16-13-5/h1-2H,(H,11,12). The third-order valence-corrected chi connectivity index (χ3v) is 3.28. The van der Waals surface area contributed by atoms with E-state index in [1.54, 1.807) is 0 Å². The summed E-state index contributed by atoms with van der Waals surface area (Å²) in [5.41, 5.74) is -5.90. The molecule has 0 radical (unpaired) electrons. The first kappa shape index (κ1) is 11.6. The van der Waals surface area contributed by atoms with Gasteiger partial charge in [-0.25, -0.2) is 8.42 Å². The number of aromatic nitrogens is 4. The predicted octanol–water partition coefficient (Wildman–Crippen LogP) is 0.753. The lowest BCUT2D eigenvalue weighted by Gasteiger charge is -2.06. The number of H-pyrrole nitrogens is 1. The van der Waals surface area contributed by atoms with Gasteiger partial charge in [0.25, 0.3) is 9.84 Å². The minimum absolute atomic E-state index is 0.328. The van der Waals surface area contributed by atoms with Gasteiger partial charge in [-0.1, -0.05) is 5.16 Å². The highest BCUT2D eigenvalue weighted by molar-refractivity contribution is 7.92. The molecule has 0 spiro atoms. The van der Waals surface area contributed by atoms with Crippen LogP contribution in [0.4, 0.5) is 13.2 Å². The van der Waals surface area contributed by atoms with Gasteiger partial charge in [-0.15, -0.1) is 0 Å². The van der Waals surface area contributed by atoms with E-state index < -0.39 is 25.9 Å². The molecular weight excluding hydrogens is 265 g/mol. The lowest BCUT2D eigenvalue weighted by molar-refractivity contribution is -0.0435. The van der Waals surface area contributed by atoms with Crippen molar-refractivity contribution in [2.45, 2.75) is 10.4 Å². The van der Waals surface area contributed by atoms with Gasteiger partial charge in [0, 0.05) is 0 Å². The van der Waals surface area contributed by atoms with E-state index in [1.165, 1.54) is 0 Å². The monoisotopic (exact) mass is 268 g/mol. The zero-order valence-electron chi connectivity index (χ0n) is 7.76. The zero-order valence-corrected chi connectivity index (χ0v) is 8.58. The van der Waals surface area contributed by atoms with Crippen molar-refractivity contribution in [1.82, 2.24) is 20.3 Å². The van der Waals surface area contributed by atoms with E-state index in [2.05, 4.69) is 24.9 Å². The number of nitrogens with zero attached hydrogens (tertiary/aromatic N) is 3. The van der Waals surface area contributed by atoms with Gasteiger partial charge in [0.05, 0.1) is 6.20 Å². The summed E-state index contributed by atoms with van der Waals surface area (Å²) in [6.45, 7) is 0. The quantitative estimate of drug-likeness (QED) is 0.862. The Morgan fingerprint density at radius 1 is 1.35 bits per heavy atom. The largest absolute Gasteiger partial charge is 0.502 e. The summed E-state index contributed by atoms with van der Waals surface area (Å²) in [6.07, 6.45) is 1.38. The molecule has 2 aromatic heterocycles. The summed E-state index contributed by atoms with van der Waals surface area (Å²) in [7, 11) is -5.51. The molecule has 1 N–H and O–H groups in total. The van der Waals surface area contributed by atoms with Crippen LogP contribution >= 0.6 is 0 Å². The number of halogens is 3. The molecule has 11 heteroatoms. The van der Waals surface area contributed by atoms with Crippen LogP contribution in [-0.4, -0.2) is 34.3 Å². The smallest absolute Gasteiger partial charge is 0.342 e. The van der Waals surface area contributed by atoms with Gasteiger partial charge < -0.3 is 4.52 Å². The molecule has 17 heavy (non-hydrogen) atoms. The topological polar surface area (TPSA) is 102 Å². The first-order valence-electron chi connectivity index (χ1n) is 3.95. The molecule has 0 fully saturated rings. The van der Waals surface area contributed by atoms with Gasteiger partial charge in [0.1, 0.15) is 10.6 Å². The second-order valence-electron chi connectivity index (χ2n) is 2.81. The van der Waals surface area contributed by atoms with Gasteiger partial charge >= 0.3 is 5.51 Å². The minimum Gasteiger partial charge on any atom is -0.342 e. The normalized spacial score (nSPS) is 12.9. The van der Waals surface area contributed by atoms with E-state index in [0.717, 1.165) is 6.39 Å². The highest BCUT2D eigenvalue weighted by Crippen LogP contribution is 2.33. The highest BCUT2D eigenvalue weighted by Gasteiger charge is 2.49. The molecule has 0 aliphatic carbocycles. The minimum atomic E-state index is -5.51. The molecule has 0 saturated heterocycles. The number of rotatable bonds is 2. The van der Waals surface area contributed by atoms with Crippen LogP contribution < -0.4 is 0 Å². The van der Waals surface area contributed by atoms with Crippen molar-refractivity contribution in [3.63, 3.8) is 0 Å². The maximum Gasteiger partial charge on any atom is 0.502 e. The van der Waals surface area contributed by atoms with Crippen LogP contribution in [0.3, 0.4) is 0 Å². The summed E-state index contributed by atoms with van der Waals surface area (Å²) < 4.78 is 63.6. The van der Waals surface area contributed by atoms with Crippen LogP contribution in [0.25, 0.3) is 11.5 Å². The second-order valence-corrected chi connectivity index (χ2v) is 4.72. The molecule has 0 aliphatic heterocycles. The molecule has 0 aromatic carbocycles. The molecule has 0 atom stereocenters. The zero-order chi connectivity index (χ0) is 12.7. The number of hydrogen-bond acceptors (Lipinski definition) is 6. The van der Waals surface area contributed by atoms with Crippen molar-refractivity contribution < 1.29 is 26.1 Å². The van der Waals surface area contributed by atoms with E-state index in [9.17, 15) is 21.6 Å². The van der Waals surface area contributed by atoms with Crippen molar-refractivity contribution in [2.75, 3.05) is 0 Å². The molecule has 0 saturated carbocycles. The third kappa shape index (κ3) is 1.77. The molecule has 0 bridgehead atoms. The van der Waals surface area contributed by atoms with Crippen molar-refractivity contribution in [1.29, 1.82) is 0 Å². The fourth-order valence-electron chi connectivity index (χ4n) is 1.04. The molecule has 2 rings (SSSR count). The summed E-state index contributed by atoms with van der Waals surface area (Å²) >= 11 is 0. The maximum absolute atomic E-state index is 12.3. The first-order chi connectivity index (χ1) is 7.84. The van der Waals surface area contributed by atoms with Crippen molar-refractivity contribution in [2.24, 2.45) is 0 Å². The highest BCUT2D eigenvalue weighted by atomic mass is 32.2. The van der Waals surface area contributed by atoms with Gasteiger partial charge in [0.2, 0.25) is 12.2 Å². The molecule has 2 aromatic rings. The third-order valence-electron chi connectivity index (χ3n) is 1.78. The summed E-state index contributed by atoms with van der Waals surface area (Å²) in [5, 5.41) is 8.53. The van der Waals surface area contributed by atoms with E-state index in [4.69, 9.17) is 0 Å². The van der Waals surface area contributed by atoms with Crippen LogP contribution in [0, 0.1) is 0 Å². The van der Waals surface area contributed by atoms with Crippen LogP contribution in [0.5, 0.6) is 0 Å². The molecule has 0 unspecified atom stereocenters. The molecule has 7 nitrogen and oxygen atoms in total. The number of hydrogen-bond donors (Lipinski definition) is 1. The molecule has 0 amide bonds. The van der Waals surface area contributed by atoms with Gasteiger partial charge in [0.15, 0.2) is 0 Å². The summed E-state index contributed by atoms with van der Waals surface area (Å²) in [4.78, 5) is 2.38. The molecular formula is C6H3F3N4O3S. The molecule has 92 valence electrons. The Morgan fingerprint density at radius 2 is 2.06 bits per heavy atom. The Kier molecular flexibility index (Phi) is 2.41. The van der Waals surface area contributed by atoms with E-state index in [0.29, 0.717) is 6.20 Å². The fraction of sp³-hybridized carbons (Fsp3) is 0.167. The Morgan fingerprint density at radius 3 is 2.59 bits per heavy atom. The number of aromatic amines is 1. The number of alkyl halides is 3. The maximum atomic E-state index is 12.3. The average Bonchev–Trinajstić information content (AvgIpc) is 2.86. The van der Waals surface area contributed by atoms with E-state index in [1.807, 2.05) is 0 Å². The molecule has 2 heterocycles. The Bertz CT molecular complexity index is 615. The average molecular weight is 268 g/mol. The summed E-state index contributed by atoms with van der Waals surface area (Å²) in [5.74, 6) is -0.328. The van der Waals surface area contributed by atoms with Crippen LogP contribution in [0.1, 0.15) is 0 Å². The Labute approximate surface area is 91.6 Å². The predicted molar refractivity (Wildman–Crippen MR) is 45.1 cm³/mol. The number of sulfone groups is 1. The Hall–Kier alpha value is -1.91. The lowest BCUT2D eigenvalue weighted by Crippen LogP contribution is -2.23. The van der Waals surface area contributed by atoms with Crippen LogP contribution in [0.15, 0.2) is 22.0 Å². The molecule has 0 aliphatic rings. The fourth-order valence-corrected chi connectivity index (χ4v) is 1.89. The van der Waals surface area contributed by atoms with Crippen LogP contribution in [0.2, 0.25) is 0 Å². The summed E-state index contributed by atoms with van der Waals surface area (Å²) in [6, 6.07) is 0. The number of nitrogens with one attached hydrogen (secondary N) is 1. The lowest BCUT2D eigenvalue weighted by atomic mass is 10.4. The van der Waals surface area contributed by atoms with E-state index in [-0.39, 0.29) is 5.82 Å². The van der Waals surface area contributed by atoms with Crippen LogP contribution in [-0.2, 0) is 9.84 Å². The van der Waals surface area contributed by atoms with Gasteiger partial charge in [-0.3, -0.25) is 5.10 Å². The first-order valence-corrected chi connectivity index (χ1v) is 5.44. The van der Waals surface area contributed by atoms with Crippen molar-refractivity contribution in [3.05, 3.63) is 12.6 Å².